The van der Waals surface area contributed by atoms with Gasteiger partial charge >= 0.3 is 0 Å². The minimum atomic E-state index is -0.119. The Bertz CT molecular complexity index is 493. The number of carbonyl (C=O) groups excluding carboxylic acids is 1. The smallest absolute Gasteiger partial charge is 0.245 e. The minimum Gasteiger partial charge on any atom is -0.371 e. The molecule has 2 fully saturated rings. The van der Waals surface area contributed by atoms with E-state index in [1.807, 2.05) is 6.20 Å². The van der Waals surface area contributed by atoms with E-state index in [2.05, 4.69) is 20.2 Å². The van der Waals surface area contributed by atoms with Gasteiger partial charge in [-0.3, -0.25) is 9.69 Å². The molecule has 2 atom stereocenters. The lowest BCUT2D eigenvalue weighted by Crippen LogP contribution is -2.47. The Labute approximate surface area is 130 Å². The monoisotopic (exact) mass is 308 g/mol. The van der Waals surface area contributed by atoms with E-state index in [4.69, 9.17) is 9.47 Å². The number of carbonyl (C=O) groups is 1. The lowest BCUT2D eigenvalue weighted by Gasteiger charge is -2.39. The number of ether oxygens (including phenoxy) is 2. The maximum absolute atomic E-state index is 11.3. The molecule has 2 saturated heterocycles. The first kappa shape index (κ1) is 15.5. The molecular formula is C15H24N4O3. The molecule has 2 N–H and O–H groups in total. The number of hydrogen-bond donors (Lipinski definition) is 2. The predicted octanol–water partition coefficient (Wildman–Crippen LogP) is 0.296. The van der Waals surface area contributed by atoms with Crippen LogP contribution in [-0.2, 0) is 20.8 Å². The number of likely N-dealkylation sites (tertiary alicyclic amines) is 1. The van der Waals surface area contributed by atoms with Gasteiger partial charge in [0.2, 0.25) is 5.91 Å². The summed E-state index contributed by atoms with van der Waals surface area (Å²) in [5.41, 5.74) is 1.01. The summed E-state index contributed by atoms with van der Waals surface area (Å²) in [6.45, 7) is 3.54. The van der Waals surface area contributed by atoms with Crippen LogP contribution in [0.3, 0.4) is 0 Å². The second kappa shape index (κ2) is 6.76. The molecule has 1 aromatic rings. The number of hydrogen-bond acceptors (Lipinski definition) is 5. The molecule has 2 aliphatic heterocycles. The van der Waals surface area contributed by atoms with Crippen LogP contribution in [0.5, 0.6) is 0 Å². The van der Waals surface area contributed by atoms with Crippen molar-refractivity contribution in [3.05, 3.63) is 18.2 Å². The summed E-state index contributed by atoms with van der Waals surface area (Å²) in [7, 11) is 1.62. The van der Waals surface area contributed by atoms with Gasteiger partial charge in [0, 0.05) is 38.4 Å². The van der Waals surface area contributed by atoms with Gasteiger partial charge in [0.05, 0.1) is 24.6 Å². The van der Waals surface area contributed by atoms with Gasteiger partial charge in [0.15, 0.2) is 0 Å². The van der Waals surface area contributed by atoms with Crippen LogP contribution in [0.1, 0.15) is 25.0 Å². The number of aromatic amines is 1. The van der Waals surface area contributed by atoms with Gasteiger partial charge in [0.1, 0.15) is 6.61 Å². The van der Waals surface area contributed by atoms with Crippen molar-refractivity contribution in [3.8, 4) is 0 Å². The van der Waals surface area contributed by atoms with Crippen LogP contribution in [-0.4, -0.2) is 65.8 Å². The zero-order chi connectivity index (χ0) is 15.4. The number of imidazole rings is 1. The molecule has 1 amide bonds. The van der Waals surface area contributed by atoms with Gasteiger partial charge in [-0.1, -0.05) is 0 Å². The summed E-state index contributed by atoms with van der Waals surface area (Å²) >= 11 is 0. The number of nitrogens with zero attached hydrogens (tertiary/aromatic N) is 2. The van der Waals surface area contributed by atoms with Crippen molar-refractivity contribution in [2.75, 3.05) is 33.4 Å². The highest BCUT2D eigenvalue weighted by Crippen LogP contribution is 2.36. The Morgan fingerprint density at radius 2 is 2.59 bits per heavy atom. The van der Waals surface area contributed by atoms with Crippen LogP contribution < -0.4 is 5.32 Å². The lowest BCUT2D eigenvalue weighted by molar-refractivity contribution is -0.127. The molecule has 1 spiro atoms. The first-order chi connectivity index (χ1) is 10.7. The average molecular weight is 308 g/mol. The van der Waals surface area contributed by atoms with E-state index < -0.39 is 0 Å². The number of rotatable bonds is 5. The number of likely N-dealkylation sites (N-methyl/N-ethyl adjacent to an activating group) is 1. The van der Waals surface area contributed by atoms with E-state index in [9.17, 15) is 4.79 Å². The molecule has 3 rings (SSSR count). The molecule has 0 bridgehead atoms. The highest BCUT2D eigenvalue weighted by molar-refractivity contribution is 5.76. The Hall–Kier alpha value is -1.44. The Balaban J connectivity index is 1.51. The maximum atomic E-state index is 11.3. The van der Waals surface area contributed by atoms with Gasteiger partial charge in [-0.2, -0.15) is 0 Å². The van der Waals surface area contributed by atoms with Crippen molar-refractivity contribution >= 4 is 5.91 Å². The summed E-state index contributed by atoms with van der Waals surface area (Å²) in [6, 6.07) is 0. The molecule has 2 unspecified atom stereocenters. The molecule has 7 nitrogen and oxygen atoms in total. The zero-order valence-corrected chi connectivity index (χ0v) is 13.0. The van der Waals surface area contributed by atoms with Crippen LogP contribution in [0.25, 0.3) is 0 Å². The van der Waals surface area contributed by atoms with Gasteiger partial charge < -0.3 is 19.8 Å². The number of H-pyrrole nitrogens is 1. The minimum absolute atomic E-state index is 0.0180. The second-order valence-corrected chi connectivity index (χ2v) is 6.20. The predicted molar refractivity (Wildman–Crippen MR) is 80.2 cm³/mol. The standard InChI is InChI=1S/C15H24N4O3/c1-16-14(20)9-21-13-5-15(22-8-13)3-2-4-19(10-15)7-12-6-17-11-18-12/h6,11,13H,2-5,7-10H2,1H3,(H,16,20)(H,17,18). The third-order valence-electron chi connectivity index (χ3n) is 4.47. The normalized spacial score (nSPS) is 29.0. The molecule has 2 aliphatic rings. The molecule has 0 aromatic carbocycles. The molecule has 0 saturated carbocycles. The van der Waals surface area contributed by atoms with Crippen LogP contribution in [0.2, 0.25) is 0 Å². The summed E-state index contributed by atoms with van der Waals surface area (Å²) < 4.78 is 11.7. The second-order valence-electron chi connectivity index (χ2n) is 6.20. The lowest BCUT2D eigenvalue weighted by atomic mass is 9.89. The molecule has 0 radical (unpaired) electrons. The van der Waals surface area contributed by atoms with E-state index in [0.29, 0.717) is 6.61 Å². The molecular weight excluding hydrogens is 284 g/mol. The number of aromatic nitrogens is 2. The van der Waals surface area contributed by atoms with Gasteiger partial charge in [-0.25, -0.2) is 4.98 Å². The number of amides is 1. The topological polar surface area (TPSA) is 79.5 Å². The van der Waals surface area contributed by atoms with E-state index in [1.54, 1.807) is 13.4 Å². The van der Waals surface area contributed by atoms with Crippen molar-refractivity contribution in [2.24, 2.45) is 0 Å². The fraction of sp³-hybridized carbons (Fsp3) is 0.733. The van der Waals surface area contributed by atoms with Crippen molar-refractivity contribution in [3.63, 3.8) is 0 Å². The summed E-state index contributed by atoms with van der Waals surface area (Å²) in [5.74, 6) is -0.0922. The van der Waals surface area contributed by atoms with Crippen LogP contribution in [0.15, 0.2) is 12.5 Å². The fourth-order valence-corrected chi connectivity index (χ4v) is 3.40. The average Bonchev–Trinajstić information content (AvgIpc) is 3.15. The molecule has 0 aliphatic carbocycles. The Morgan fingerprint density at radius 3 is 3.36 bits per heavy atom. The van der Waals surface area contributed by atoms with Gasteiger partial charge in [-0.15, -0.1) is 0 Å². The van der Waals surface area contributed by atoms with Crippen LogP contribution in [0.4, 0.5) is 0 Å². The first-order valence-electron chi connectivity index (χ1n) is 7.85. The SMILES string of the molecule is CNC(=O)COC1COC2(CCCN(Cc3cnc[nH]3)C2)C1. The zero-order valence-electron chi connectivity index (χ0n) is 13.0. The quantitative estimate of drug-likeness (QED) is 0.818. The maximum Gasteiger partial charge on any atom is 0.245 e. The molecule has 1 aromatic heterocycles. The van der Waals surface area contributed by atoms with Crippen molar-refractivity contribution in [2.45, 2.75) is 37.5 Å². The van der Waals surface area contributed by atoms with Gasteiger partial charge in [-0.05, 0) is 19.4 Å². The highest BCUT2D eigenvalue weighted by Gasteiger charge is 2.43. The van der Waals surface area contributed by atoms with Crippen molar-refractivity contribution in [1.29, 1.82) is 0 Å². The van der Waals surface area contributed by atoms with E-state index in [1.165, 1.54) is 0 Å². The van der Waals surface area contributed by atoms with Crippen molar-refractivity contribution in [1.82, 2.24) is 20.2 Å². The van der Waals surface area contributed by atoms with Crippen LogP contribution >= 0.6 is 0 Å². The third kappa shape index (κ3) is 3.66. The summed E-state index contributed by atoms with van der Waals surface area (Å²) in [5, 5.41) is 2.57. The molecule has 22 heavy (non-hydrogen) atoms. The fourth-order valence-electron chi connectivity index (χ4n) is 3.40. The van der Waals surface area contributed by atoms with E-state index in [-0.39, 0.29) is 24.2 Å². The summed E-state index contributed by atoms with van der Waals surface area (Å²) in [6.07, 6.45) is 6.64. The van der Waals surface area contributed by atoms with E-state index in [0.717, 1.165) is 44.6 Å². The van der Waals surface area contributed by atoms with Crippen molar-refractivity contribution < 1.29 is 14.3 Å². The molecule has 122 valence electrons. The number of nitrogens with one attached hydrogen (secondary N) is 2. The summed E-state index contributed by atoms with van der Waals surface area (Å²) in [4.78, 5) is 20.9. The highest BCUT2D eigenvalue weighted by atomic mass is 16.6. The Kier molecular flexibility index (Phi) is 4.75. The molecule has 3 heterocycles. The van der Waals surface area contributed by atoms with Crippen LogP contribution in [0, 0.1) is 0 Å². The largest absolute Gasteiger partial charge is 0.371 e. The first-order valence-corrected chi connectivity index (χ1v) is 7.85. The third-order valence-corrected chi connectivity index (χ3v) is 4.47. The molecule has 7 heteroatoms. The van der Waals surface area contributed by atoms with Gasteiger partial charge in [0.25, 0.3) is 0 Å². The van der Waals surface area contributed by atoms with E-state index >= 15 is 0 Å². The number of piperidine rings is 1. The Morgan fingerprint density at radius 1 is 1.68 bits per heavy atom.